The highest BCUT2D eigenvalue weighted by atomic mass is 16.3. The molecular formula is C33H30O2. The number of rotatable bonds is 8. The van der Waals surface area contributed by atoms with Crippen LogP contribution < -0.4 is 0 Å². The van der Waals surface area contributed by atoms with Crippen molar-refractivity contribution in [2.24, 2.45) is 0 Å². The molecule has 0 amide bonds. The predicted molar refractivity (Wildman–Crippen MR) is 145 cm³/mol. The quantitative estimate of drug-likeness (QED) is 0.266. The second-order valence-corrected chi connectivity index (χ2v) is 9.02. The lowest BCUT2D eigenvalue weighted by atomic mass is 9.64. The Kier molecular flexibility index (Phi) is 6.65. The number of unbranched alkanes of at least 4 members (excludes halogenated alkanes) is 1. The van der Waals surface area contributed by atoms with Gasteiger partial charge in [0.1, 0.15) is 5.76 Å². The van der Waals surface area contributed by atoms with Crippen molar-refractivity contribution >= 4 is 16.7 Å². The van der Waals surface area contributed by atoms with Gasteiger partial charge >= 0.3 is 0 Å². The Hall–Kier alpha value is -3.88. The fourth-order valence-corrected chi connectivity index (χ4v) is 5.56. The maximum atomic E-state index is 12.1. The summed E-state index contributed by atoms with van der Waals surface area (Å²) in [6, 6.07) is 41.4. The van der Waals surface area contributed by atoms with Gasteiger partial charge in [0.05, 0.1) is 5.41 Å². The zero-order valence-corrected chi connectivity index (χ0v) is 19.8. The second-order valence-electron chi connectivity index (χ2n) is 9.02. The molecule has 1 aliphatic rings. The molecule has 174 valence electrons. The average Bonchev–Trinajstić information content (AvgIpc) is 3.19. The highest BCUT2D eigenvalue weighted by Gasteiger charge is 2.49. The third-order valence-electron chi connectivity index (χ3n) is 6.99. The minimum Gasteiger partial charge on any atom is -0.507 e. The molecule has 35 heavy (non-hydrogen) atoms. The van der Waals surface area contributed by atoms with Crippen molar-refractivity contribution < 1.29 is 10.2 Å². The summed E-state index contributed by atoms with van der Waals surface area (Å²) in [4.78, 5) is 0. The van der Waals surface area contributed by atoms with Crippen LogP contribution in [-0.2, 0) is 5.41 Å². The molecule has 0 spiro atoms. The van der Waals surface area contributed by atoms with E-state index in [1.165, 1.54) is 0 Å². The van der Waals surface area contributed by atoms with Crippen molar-refractivity contribution in [1.29, 1.82) is 0 Å². The molecule has 0 heterocycles. The zero-order chi connectivity index (χ0) is 24.1. The Balaban J connectivity index is 1.91. The predicted octanol–water partition coefficient (Wildman–Crippen LogP) is 7.68. The van der Waals surface area contributed by atoms with Crippen LogP contribution >= 0.6 is 0 Å². The second kappa shape index (κ2) is 10.2. The van der Waals surface area contributed by atoms with Crippen molar-refractivity contribution in [1.82, 2.24) is 0 Å². The molecule has 0 saturated heterocycles. The van der Waals surface area contributed by atoms with Gasteiger partial charge in [-0.15, -0.1) is 0 Å². The van der Waals surface area contributed by atoms with Gasteiger partial charge in [-0.05, 0) is 47.1 Å². The van der Waals surface area contributed by atoms with Crippen LogP contribution in [0, 0.1) is 0 Å². The van der Waals surface area contributed by atoms with Crippen LogP contribution in [0.25, 0.3) is 16.7 Å². The summed E-state index contributed by atoms with van der Waals surface area (Å²) in [5.74, 6) is 0.328. The lowest BCUT2D eigenvalue weighted by Crippen LogP contribution is -2.28. The Morgan fingerprint density at radius 1 is 0.514 bits per heavy atom. The first kappa shape index (κ1) is 22.9. The van der Waals surface area contributed by atoms with Crippen molar-refractivity contribution in [3.8, 4) is 0 Å². The summed E-state index contributed by atoms with van der Waals surface area (Å²) in [7, 11) is 0. The van der Waals surface area contributed by atoms with Gasteiger partial charge in [-0.3, -0.25) is 0 Å². The van der Waals surface area contributed by atoms with Gasteiger partial charge in [0.2, 0.25) is 0 Å². The van der Waals surface area contributed by atoms with E-state index in [9.17, 15) is 10.2 Å². The number of allylic oxidation sites excluding steroid dienone is 3. The van der Waals surface area contributed by atoms with E-state index in [1.54, 1.807) is 0 Å². The van der Waals surface area contributed by atoms with Crippen LogP contribution in [0.1, 0.15) is 41.5 Å². The van der Waals surface area contributed by atoms with Crippen LogP contribution in [0.5, 0.6) is 0 Å². The SMILES string of the molecule is OCCCCC1(c2ccccc2)C(c2ccccc2)=C(O)C(c2ccccc2)=C1c1ccccc1. The number of hydrogen-bond donors (Lipinski definition) is 2. The van der Waals surface area contributed by atoms with Crippen molar-refractivity contribution in [3.63, 3.8) is 0 Å². The van der Waals surface area contributed by atoms with E-state index in [2.05, 4.69) is 72.8 Å². The largest absolute Gasteiger partial charge is 0.507 e. The smallest absolute Gasteiger partial charge is 0.128 e. The minimum absolute atomic E-state index is 0.150. The number of aliphatic hydroxyl groups excluding tert-OH is 2. The molecule has 1 aliphatic carbocycles. The number of hydrogen-bond acceptors (Lipinski definition) is 2. The van der Waals surface area contributed by atoms with E-state index in [4.69, 9.17) is 0 Å². The van der Waals surface area contributed by atoms with Crippen molar-refractivity contribution in [3.05, 3.63) is 149 Å². The van der Waals surface area contributed by atoms with E-state index in [-0.39, 0.29) is 6.61 Å². The highest BCUT2D eigenvalue weighted by molar-refractivity contribution is 6.15. The molecule has 0 bridgehead atoms. The summed E-state index contributed by atoms with van der Waals surface area (Å²) < 4.78 is 0. The van der Waals surface area contributed by atoms with Gasteiger partial charge in [-0.1, -0.05) is 121 Å². The first-order chi connectivity index (χ1) is 17.3. The van der Waals surface area contributed by atoms with E-state index in [1.807, 2.05) is 48.5 Å². The lowest BCUT2D eigenvalue weighted by molar-refractivity contribution is 0.281. The Labute approximate surface area is 207 Å². The third kappa shape index (κ3) is 4.11. The molecule has 1 unspecified atom stereocenters. The van der Waals surface area contributed by atoms with Crippen LogP contribution in [0.4, 0.5) is 0 Å². The number of aliphatic hydroxyl groups is 2. The summed E-state index contributed by atoms with van der Waals surface area (Å²) in [5.41, 5.74) is 6.60. The van der Waals surface area contributed by atoms with Crippen molar-refractivity contribution in [2.45, 2.75) is 24.7 Å². The highest BCUT2D eigenvalue weighted by Crippen LogP contribution is 2.61. The summed E-state index contributed by atoms with van der Waals surface area (Å²) in [5, 5.41) is 21.8. The Morgan fingerprint density at radius 2 is 0.971 bits per heavy atom. The van der Waals surface area contributed by atoms with E-state index in [0.29, 0.717) is 12.2 Å². The Bertz CT molecular complexity index is 1320. The summed E-state index contributed by atoms with van der Waals surface area (Å²) in [6.07, 6.45) is 2.31. The molecule has 2 nitrogen and oxygen atoms in total. The molecule has 2 heteroatoms. The molecule has 0 aromatic heterocycles. The molecule has 4 aromatic rings. The fourth-order valence-electron chi connectivity index (χ4n) is 5.56. The van der Waals surface area contributed by atoms with Gasteiger partial charge in [-0.25, -0.2) is 0 Å². The van der Waals surface area contributed by atoms with Gasteiger partial charge in [0, 0.05) is 17.8 Å². The molecule has 0 saturated carbocycles. The molecule has 0 aliphatic heterocycles. The fraction of sp³-hybridized carbons (Fsp3) is 0.152. The standard InChI is InChI=1S/C33H30O2/c34-24-14-13-23-33(28-21-11-4-12-22-28)30(26-17-7-2-8-18-26)29(25-15-5-1-6-16-25)32(35)31(33)27-19-9-3-10-20-27/h1-12,15-22,34-35H,13-14,23-24H2. The van der Waals surface area contributed by atoms with Crippen LogP contribution in [0.2, 0.25) is 0 Å². The monoisotopic (exact) mass is 458 g/mol. The van der Waals surface area contributed by atoms with Crippen LogP contribution in [0.15, 0.2) is 127 Å². The lowest BCUT2D eigenvalue weighted by Gasteiger charge is -2.37. The average molecular weight is 459 g/mol. The molecule has 1 atom stereocenters. The zero-order valence-electron chi connectivity index (χ0n) is 19.8. The number of benzene rings is 4. The molecule has 5 rings (SSSR count). The minimum atomic E-state index is -0.575. The first-order valence-corrected chi connectivity index (χ1v) is 12.3. The third-order valence-corrected chi connectivity index (χ3v) is 6.99. The molecular weight excluding hydrogens is 428 g/mol. The topological polar surface area (TPSA) is 40.5 Å². The van der Waals surface area contributed by atoms with Crippen molar-refractivity contribution in [2.75, 3.05) is 6.61 Å². The van der Waals surface area contributed by atoms with Gasteiger partial charge < -0.3 is 10.2 Å². The molecule has 0 fully saturated rings. The summed E-state index contributed by atoms with van der Waals surface area (Å²) >= 11 is 0. The molecule has 2 N–H and O–H groups in total. The van der Waals surface area contributed by atoms with Crippen LogP contribution in [0.3, 0.4) is 0 Å². The molecule has 0 radical (unpaired) electrons. The van der Waals surface area contributed by atoms with Crippen LogP contribution in [-0.4, -0.2) is 16.8 Å². The molecule has 4 aromatic carbocycles. The first-order valence-electron chi connectivity index (χ1n) is 12.3. The van der Waals surface area contributed by atoms with E-state index >= 15 is 0 Å². The van der Waals surface area contributed by atoms with Gasteiger partial charge in [0.25, 0.3) is 0 Å². The van der Waals surface area contributed by atoms with Gasteiger partial charge in [0.15, 0.2) is 0 Å². The maximum absolute atomic E-state index is 12.1. The maximum Gasteiger partial charge on any atom is 0.128 e. The van der Waals surface area contributed by atoms with Gasteiger partial charge in [-0.2, -0.15) is 0 Å². The Morgan fingerprint density at radius 3 is 1.49 bits per heavy atom. The normalized spacial score (nSPS) is 17.7. The van der Waals surface area contributed by atoms with E-state index < -0.39 is 5.41 Å². The van der Waals surface area contributed by atoms with E-state index in [0.717, 1.165) is 51.8 Å². The summed E-state index contributed by atoms with van der Waals surface area (Å²) in [6.45, 7) is 0.150.